The third kappa shape index (κ3) is 7.16. The third-order valence-electron chi connectivity index (χ3n) is 3.78. The molecule has 1 aliphatic rings. The summed E-state index contributed by atoms with van der Waals surface area (Å²) in [5.74, 6) is -0.613. The molecule has 1 aromatic carbocycles. The molecule has 2 rings (SSSR count). The Balaban J connectivity index is 1.39. The zero-order valence-electron chi connectivity index (χ0n) is 14.7. The van der Waals surface area contributed by atoms with Crippen molar-refractivity contribution in [1.29, 1.82) is 0 Å². The molecule has 0 fully saturated rings. The van der Waals surface area contributed by atoms with Gasteiger partial charge in [0.1, 0.15) is 0 Å². The van der Waals surface area contributed by atoms with Crippen molar-refractivity contribution in [1.82, 2.24) is 10.2 Å². The Hall–Kier alpha value is -2.51. The van der Waals surface area contributed by atoms with Crippen LogP contribution in [0.15, 0.2) is 42.5 Å². The van der Waals surface area contributed by atoms with Crippen molar-refractivity contribution in [3.63, 3.8) is 0 Å². The topological polar surface area (TPSA) is 84.9 Å². The van der Waals surface area contributed by atoms with Crippen molar-refractivity contribution < 1.29 is 23.9 Å². The number of rotatable bonds is 12. The van der Waals surface area contributed by atoms with Gasteiger partial charge in [-0.15, -0.1) is 0 Å². The molecule has 1 aromatic rings. The van der Waals surface area contributed by atoms with Gasteiger partial charge in [-0.3, -0.25) is 19.3 Å². The molecule has 140 valence electrons. The Labute approximate surface area is 153 Å². The molecule has 26 heavy (non-hydrogen) atoms. The minimum absolute atomic E-state index is 0.00209. The van der Waals surface area contributed by atoms with E-state index in [1.165, 1.54) is 12.2 Å². The Morgan fingerprint density at radius 3 is 2.27 bits per heavy atom. The van der Waals surface area contributed by atoms with Gasteiger partial charge < -0.3 is 14.8 Å². The van der Waals surface area contributed by atoms with Crippen LogP contribution in [0.4, 0.5) is 0 Å². The van der Waals surface area contributed by atoms with Crippen LogP contribution in [-0.4, -0.2) is 62.1 Å². The van der Waals surface area contributed by atoms with E-state index in [0.717, 1.165) is 16.9 Å². The number of carbonyl (C=O) groups is 3. The average Bonchev–Trinajstić information content (AvgIpc) is 2.97. The van der Waals surface area contributed by atoms with Gasteiger partial charge in [0.2, 0.25) is 5.91 Å². The second kappa shape index (κ2) is 11.2. The largest absolute Gasteiger partial charge is 0.377 e. The zero-order chi connectivity index (χ0) is 18.6. The molecule has 0 unspecified atom stereocenters. The SMILES string of the molecule is O=C(CCc1ccccc1)NCCOCCOCCN1C(=O)C=CC1=O. The number of benzene rings is 1. The standard InChI is InChI=1S/C19H24N2O5/c22-17(7-6-16-4-2-1-3-5-16)20-10-12-25-14-15-26-13-11-21-18(23)8-9-19(21)24/h1-5,8-9H,6-7,10-15H2,(H,20,22). The van der Waals surface area contributed by atoms with Crippen molar-refractivity contribution in [2.75, 3.05) is 39.5 Å². The van der Waals surface area contributed by atoms with Crippen LogP contribution >= 0.6 is 0 Å². The molecule has 0 spiro atoms. The normalized spacial score (nSPS) is 13.5. The Kier molecular flexibility index (Phi) is 8.51. The van der Waals surface area contributed by atoms with Gasteiger partial charge >= 0.3 is 0 Å². The van der Waals surface area contributed by atoms with Crippen molar-refractivity contribution in [3.8, 4) is 0 Å². The fraction of sp³-hybridized carbons (Fsp3) is 0.421. The first kappa shape index (κ1) is 19.8. The number of nitrogens with zero attached hydrogens (tertiary/aromatic N) is 1. The average molecular weight is 360 g/mol. The number of amides is 3. The summed E-state index contributed by atoms with van der Waals surface area (Å²) in [6.45, 7) is 2.13. The summed E-state index contributed by atoms with van der Waals surface area (Å²) in [5.41, 5.74) is 1.14. The molecular weight excluding hydrogens is 336 g/mol. The number of nitrogens with one attached hydrogen (secondary N) is 1. The first-order valence-corrected chi connectivity index (χ1v) is 8.66. The lowest BCUT2D eigenvalue weighted by Gasteiger charge is -2.13. The molecule has 0 aromatic heterocycles. The molecule has 0 radical (unpaired) electrons. The molecule has 7 heteroatoms. The second-order valence-electron chi connectivity index (χ2n) is 5.72. The fourth-order valence-corrected chi connectivity index (χ4v) is 2.38. The molecule has 3 amide bonds. The summed E-state index contributed by atoms with van der Waals surface area (Å²) < 4.78 is 10.7. The second-order valence-corrected chi connectivity index (χ2v) is 5.72. The summed E-state index contributed by atoms with van der Waals surface area (Å²) >= 11 is 0. The van der Waals surface area contributed by atoms with E-state index in [-0.39, 0.29) is 30.9 Å². The van der Waals surface area contributed by atoms with Gasteiger partial charge in [0.15, 0.2) is 0 Å². The number of ether oxygens (including phenoxy) is 2. The number of hydrogen-bond acceptors (Lipinski definition) is 5. The first-order chi connectivity index (χ1) is 12.7. The van der Waals surface area contributed by atoms with E-state index in [1.54, 1.807) is 0 Å². The maximum Gasteiger partial charge on any atom is 0.253 e. The Morgan fingerprint density at radius 2 is 1.58 bits per heavy atom. The van der Waals surface area contributed by atoms with Crippen molar-refractivity contribution in [3.05, 3.63) is 48.0 Å². The van der Waals surface area contributed by atoms with Gasteiger partial charge in [-0.25, -0.2) is 0 Å². The zero-order valence-corrected chi connectivity index (χ0v) is 14.7. The fourth-order valence-electron chi connectivity index (χ4n) is 2.38. The van der Waals surface area contributed by atoms with Crippen LogP contribution in [0.5, 0.6) is 0 Å². The molecule has 7 nitrogen and oxygen atoms in total. The number of imide groups is 1. The number of hydrogen-bond donors (Lipinski definition) is 1. The first-order valence-electron chi connectivity index (χ1n) is 8.66. The van der Waals surface area contributed by atoms with Gasteiger partial charge in [-0.2, -0.15) is 0 Å². The van der Waals surface area contributed by atoms with Crippen LogP contribution in [0.2, 0.25) is 0 Å². The Bertz CT molecular complexity index is 612. The lowest BCUT2D eigenvalue weighted by molar-refractivity contribution is -0.137. The van der Waals surface area contributed by atoms with Crippen LogP contribution in [0.25, 0.3) is 0 Å². The van der Waals surface area contributed by atoms with E-state index in [2.05, 4.69) is 5.32 Å². The molecule has 0 aliphatic carbocycles. The van der Waals surface area contributed by atoms with E-state index >= 15 is 0 Å². The molecular formula is C19H24N2O5. The van der Waals surface area contributed by atoms with Gasteiger partial charge in [-0.1, -0.05) is 30.3 Å². The highest BCUT2D eigenvalue weighted by molar-refractivity contribution is 6.12. The molecule has 1 heterocycles. The maximum absolute atomic E-state index is 11.7. The predicted molar refractivity (Wildman–Crippen MR) is 95.3 cm³/mol. The van der Waals surface area contributed by atoms with E-state index < -0.39 is 0 Å². The highest BCUT2D eigenvalue weighted by Gasteiger charge is 2.22. The molecule has 1 N–H and O–H groups in total. The smallest absolute Gasteiger partial charge is 0.253 e. The summed E-state index contributed by atoms with van der Waals surface area (Å²) in [5, 5.41) is 2.81. The van der Waals surface area contributed by atoms with Gasteiger partial charge in [0.25, 0.3) is 11.8 Å². The summed E-state index contributed by atoms with van der Waals surface area (Å²) in [6, 6.07) is 9.87. The summed E-state index contributed by atoms with van der Waals surface area (Å²) in [7, 11) is 0. The minimum Gasteiger partial charge on any atom is -0.377 e. The molecule has 0 saturated carbocycles. The lowest BCUT2D eigenvalue weighted by Crippen LogP contribution is -2.33. The third-order valence-corrected chi connectivity index (χ3v) is 3.78. The van der Waals surface area contributed by atoms with E-state index in [9.17, 15) is 14.4 Å². The highest BCUT2D eigenvalue weighted by Crippen LogP contribution is 2.03. The van der Waals surface area contributed by atoms with Crippen LogP contribution < -0.4 is 5.32 Å². The van der Waals surface area contributed by atoms with Crippen molar-refractivity contribution >= 4 is 17.7 Å². The molecule has 0 bridgehead atoms. The summed E-state index contributed by atoms with van der Waals surface area (Å²) in [6.07, 6.45) is 3.67. The van der Waals surface area contributed by atoms with Crippen molar-refractivity contribution in [2.24, 2.45) is 0 Å². The quantitative estimate of drug-likeness (QED) is 0.438. The minimum atomic E-state index is -0.308. The van der Waals surface area contributed by atoms with Crippen LogP contribution in [0.1, 0.15) is 12.0 Å². The van der Waals surface area contributed by atoms with Crippen LogP contribution in [0.3, 0.4) is 0 Å². The summed E-state index contributed by atoms with van der Waals surface area (Å²) in [4.78, 5) is 35.5. The molecule has 0 atom stereocenters. The van der Waals surface area contributed by atoms with Crippen LogP contribution in [-0.2, 0) is 30.3 Å². The molecule has 0 saturated heterocycles. The highest BCUT2D eigenvalue weighted by atomic mass is 16.5. The van der Waals surface area contributed by atoms with Gasteiger partial charge in [0.05, 0.1) is 33.0 Å². The Morgan fingerprint density at radius 1 is 0.923 bits per heavy atom. The van der Waals surface area contributed by atoms with Gasteiger partial charge in [-0.05, 0) is 12.0 Å². The van der Waals surface area contributed by atoms with Gasteiger partial charge in [0, 0.05) is 25.1 Å². The maximum atomic E-state index is 11.7. The van der Waals surface area contributed by atoms with E-state index in [0.29, 0.717) is 32.8 Å². The van der Waals surface area contributed by atoms with Crippen LogP contribution in [0, 0.1) is 0 Å². The number of carbonyl (C=O) groups excluding carboxylic acids is 3. The van der Waals surface area contributed by atoms with Crippen molar-refractivity contribution in [2.45, 2.75) is 12.8 Å². The van der Waals surface area contributed by atoms with E-state index in [1.807, 2.05) is 30.3 Å². The lowest BCUT2D eigenvalue weighted by atomic mass is 10.1. The van der Waals surface area contributed by atoms with E-state index in [4.69, 9.17) is 9.47 Å². The number of aryl methyl sites for hydroxylation is 1. The predicted octanol–water partition coefficient (Wildman–Crippen LogP) is 0.694. The molecule has 1 aliphatic heterocycles. The monoisotopic (exact) mass is 360 g/mol.